The van der Waals surface area contributed by atoms with Crippen molar-refractivity contribution in [2.24, 2.45) is 0 Å². The first-order valence-corrected chi connectivity index (χ1v) is 31.6. The summed E-state index contributed by atoms with van der Waals surface area (Å²) in [7, 11) is 0. The molecule has 1 saturated heterocycles. The average molecular weight is 1090 g/mol. The number of carbonyl (C=O) groups is 4. The lowest BCUT2D eigenvalue weighted by Crippen LogP contribution is -2.61. The second kappa shape index (κ2) is 53.3. The minimum atomic E-state index is -1.90. The summed E-state index contributed by atoms with van der Waals surface area (Å²) in [5.74, 6) is -3.12. The molecule has 1 fully saturated rings. The van der Waals surface area contributed by atoms with Crippen LogP contribution in [0.1, 0.15) is 290 Å². The molecule has 0 aliphatic carbocycles. The van der Waals surface area contributed by atoms with Crippen LogP contribution in [0.5, 0.6) is 0 Å². The largest absolute Gasteiger partial charge is 0.479 e. The molecule has 446 valence electrons. The first kappa shape index (κ1) is 71.7. The lowest BCUT2D eigenvalue weighted by molar-refractivity contribution is -0.301. The molecule has 0 amide bonds. The van der Waals surface area contributed by atoms with Crippen LogP contribution in [-0.4, -0.2) is 89.2 Å². The van der Waals surface area contributed by atoms with Crippen molar-refractivity contribution >= 4 is 23.9 Å². The van der Waals surface area contributed by atoms with Crippen LogP contribution < -0.4 is 0 Å². The van der Waals surface area contributed by atoms with E-state index in [-0.39, 0.29) is 25.9 Å². The van der Waals surface area contributed by atoms with Gasteiger partial charge in [-0.15, -0.1) is 0 Å². The number of carbonyl (C=O) groups excluding carboxylic acids is 3. The van der Waals surface area contributed by atoms with Crippen molar-refractivity contribution in [3.8, 4) is 0 Å². The smallest absolute Gasteiger partial charge is 0.335 e. The van der Waals surface area contributed by atoms with Crippen LogP contribution >= 0.6 is 0 Å². The molecule has 1 aliphatic heterocycles. The maximum atomic E-state index is 13.1. The molecule has 6 atom stereocenters. The van der Waals surface area contributed by atoms with Gasteiger partial charge in [-0.2, -0.15) is 0 Å². The fourth-order valence-corrected chi connectivity index (χ4v) is 9.50. The molecule has 0 spiro atoms. The number of hydrogen-bond acceptors (Lipinski definition) is 11. The van der Waals surface area contributed by atoms with Gasteiger partial charge in [0, 0.05) is 19.3 Å². The highest BCUT2D eigenvalue weighted by Gasteiger charge is 2.50. The summed E-state index contributed by atoms with van der Waals surface area (Å²) in [5.41, 5.74) is 0. The predicted octanol–water partition coefficient (Wildman–Crippen LogP) is 16.6. The van der Waals surface area contributed by atoms with E-state index in [0.717, 1.165) is 109 Å². The SMILES string of the molecule is CCC/C=C\C/C=C\CCCCCCCC(=O)OC(COC(=O)CCCCCCCCCCC/C=C\C/C=C\CCCCC)COC1OC(C(=O)O)C(O)C(O)C1OC(=O)CCCCCCCCCCCCCCCCC. The zero-order valence-corrected chi connectivity index (χ0v) is 49.2. The summed E-state index contributed by atoms with van der Waals surface area (Å²) in [4.78, 5) is 51.2. The van der Waals surface area contributed by atoms with Gasteiger partial charge in [0.05, 0.1) is 6.61 Å². The minimum absolute atomic E-state index is 0.0626. The Morgan fingerprint density at radius 1 is 0.429 bits per heavy atom. The quantitative estimate of drug-likeness (QED) is 0.0228. The Labute approximate surface area is 469 Å². The van der Waals surface area contributed by atoms with E-state index in [1.54, 1.807) is 0 Å². The topological polar surface area (TPSA) is 175 Å². The second-order valence-electron chi connectivity index (χ2n) is 21.7. The van der Waals surface area contributed by atoms with E-state index in [4.69, 9.17) is 23.7 Å². The van der Waals surface area contributed by atoms with Gasteiger partial charge in [-0.25, -0.2) is 4.79 Å². The Bertz CT molecular complexity index is 1520. The van der Waals surface area contributed by atoms with Gasteiger partial charge in [0.25, 0.3) is 0 Å². The molecule has 0 saturated carbocycles. The van der Waals surface area contributed by atoms with Crippen LogP contribution in [0.2, 0.25) is 0 Å². The van der Waals surface area contributed by atoms with E-state index in [1.165, 1.54) is 122 Å². The molecule has 1 rings (SSSR count). The zero-order valence-electron chi connectivity index (χ0n) is 49.2. The molecular weight excluding hydrogens is 973 g/mol. The summed E-state index contributed by atoms with van der Waals surface area (Å²) in [6, 6.07) is 0. The molecular formula is C65H114O12. The lowest BCUT2D eigenvalue weighted by atomic mass is 9.98. The molecule has 0 aromatic carbocycles. The van der Waals surface area contributed by atoms with Gasteiger partial charge in [-0.05, 0) is 77.0 Å². The van der Waals surface area contributed by atoms with Gasteiger partial charge in [-0.3, -0.25) is 14.4 Å². The van der Waals surface area contributed by atoms with Gasteiger partial charge in [-0.1, -0.05) is 243 Å². The Kier molecular flexibility index (Phi) is 49.7. The molecule has 0 aromatic heterocycles. The third kappa shape index (κ3) is 43.2. The van der Waals surface area contributed by atoms with E-state index < -0.39 is 67.3 Å². The second-order valence-corrected chi connectivity index (χ2v) is 21.7. The summed E-state index contributed by atoms with van der Waals surface area (Å²) < 4.78 is 28.5. The van der Waals surface area contributed by atoms with E-state index in [0.29, 0.717) is 19.3 Å². The average Bonchev–Trinajstić information content (AvgIpc) is 3.42. The molecule has 0 bridgehead atoms. The third-order valence-corrected chi connectivity index (χ3v) is 14.4. The Morgan fingerprint density at radius 2 is 0.805 bits per heavy atom. The van der Waals surface area contributed by atoms with Crippen LogP contribution in [0.15, 0.2) is 48.6 Å². The number of ether oxygens (including phenoxy) is 5. The van der Waals surface area contributed by atoms with E-state index in [2.05, 4.69) is 69.4 Å². The normalized spacial score (nSPS) is 18.3. The van der Waals surface area contributed by atoms with Gasteiger partial charge >= 0.3 is 23.9 Å². The molecule has 12 heteroatoms. The maximum absolute atomic E-state index is 13.1. The molecule has 1 heterocycles. The van der Waals surface area contributed by atoms with Crippen LogP contribution in [0.25, 0.3) is 0 Å². The molecule has 12 nitrogen and oxygen atoms in total. The van der Waals surface area contributed by atoms with E-state index in [1.807, 2.05) is 0 Å². The lowest BCUT2D eigenvalue weighted by Gasteiger charge is -2.40. The molecule has 6 unspecified atom stereocenters. The van der Waals surface area contributed by atoms with Gasteiger partial charge in [0.2, 0.25) is 0 Å². The highest BCUT2D eigenvalue weighted by molar-refractivity contribution is 5.74. The van der Waals surface area contributed by atoms with Crippen LogP contribution in [-0.2, 0) is 42.9 Å². The van der Waals surface area contributed by atoms with E-state index >= 15 is 0 Å². The van der Waals surface area contributed by atoms with Crippen LogP contribution in [0, 0.1) is 0 Å². The molecule has 1 aliphatic rings. The monoisotopic (exact) mass is 1090 g/mol. The third-order valence-electron chi connectivity index (χ3n) is 14.4. The number of unbranched alkanes of at least 4 members (excludes halogenated alkanes) is 32. The highest BCUT2D eigenvalue weighted by atomic mass is 16.7. The van der Waals surface area contributed by atoms with Crippen molar-refractivity contribution in [1.82, 2.24) is 0 Å². The number of rotatable bonds is 54. The summed E-state index contributed by atoms with van der Waals surface area (Å²) in [6.45, 7) is 5.92. The molecule has 3 N–H and O–H groups in total. The first-order chi connectivity index (χ1) is 37.6. The number of aliphatic carboxylic acids is 1. The van der Waals surface area contributed by atoms with Gasteiger partial charge < -0.3 is 39.0 Å². The van der Waals surface area contributed by atoms with Gasteiger partial charge in [0.15, 0.2) is 24.6 Å². The zero-order chi connectivity index (χ0) is 56.1. The summed E-state index contributed by atoms with van der Waals surface area (Å²) in [6.07, 6.45) is 52.1. The molecule has 77 heavy (non-hydrogen) atoms. The Hall–Kier alpha value is -3.32. The van der Waals surface area contributed by atoms with E-state index in [9.17, 15) is 34.5 Å². The van der Waals surface area contributed by atoms with Crippen molar-refractivity contribution in [2.45, 2.75) is 327 Å². The van der Waals surface area contributed by atoms with Crippen molar-refractivity contribution < 1.29 is 58.2 Å². The Balaban J connectivity index is 2.65. The Morgan fingerprint density at radius 3 is 1.25 bits per heavy atom. The van der Waals surface area contributed by atoms with Crippen LogP contribution in [0.4, 0.5) is 0 Å². The van der Waals surface area contributed by atoms with Crippen molar-refractivity contribution in [2.75, 3.05) is 13.2 Å². The van der Waals surface area contributed by atoms with Crippen molar-refractivity contribution in [1.29, 1.82) is 0 Å². The minimum Gasteiger partial charge on any atom is -0.479 e. The van der Waals surface area contributed by atoms with Crippen molar-refractivity contribution in [3.63, 3.8) is 0 Å². The maximum Gasteiger partial charge on any atom is 0.335 e. The number of carboxylic acid groups (broad SMARTS) is 1. The number of aliphatic hydroxyl groups is 2. The number of allylic oxidation sites excluding steroid dienone is 8. The fourth-order valence-electron chi connectivity index (χ4n) is 9.50. The molecule has 0 aromatic rings. The summed E-state index contributed by atoms with van der Waals surface area (Å²) >= 11 is 0. The van der Waals surface area contributed by atoms with Crippen LogP contribution in [0.3, 0.4) is 0 Å². The number of esters is 3. The predicted molar refractivity (Wildman–Crippen MR) is 312 cm³/mol. The summed E-state index contributed by atoms with van der Waals surface area (Å²) in [5, 5.41) is 31.5. The standard InChI is InChI=1S/C65H114O12/c1-4-7-10-13-16-19-22-25-27-28-29-30-32-34-36-39-42-45-48-51-57(66)73-54-56(75-58(67)52-49-46-43-40-37-33-24-21-18-15-12-9-6-3)55-74-65-63(61(70)60(69)62(77-65)64(71)72)76-59(68)53-50-47-44-41-38-35-31-26-23-20-17-14-11-8-5-2/h12,15-16,19,21,24-25,27,56,60-63,65,69-70H,4-11,13-14,17-18,20,22-23,26,28-55H2,1-3H3,(H,71,72)/b15-12-,19-16-,24-21-,27-25-. The number of aliphatic hydroxyl groups excluding tert-OH is 2. The number of hydrogen-bond donors (Lipinski definition) is 3. The van der Waals surface area contributed by atoms with Crippen molar-refractivity contribution in [3.05, 3.63) is 48.6 Å². The fraction of sp³-hybridized carbons (Fsp3) is 0.815. The highest BCUT2D eigenvalue weighted by Crippen LogP contribution is 2.27. The van der Waals surface area contributed by atoms with Gasteiger partial charge in [0.1, 0.15) is 18.8 Å². The molecule has 0 radical (unpaired) electrons. The number of carboxylic acids is 1. The first-order valence-electron chi connectivity index (χ1n) is 31.6.